The van der Waals surface area contributed by atoms with E-state index in [2.05, 4.69) is 17.6 Å². The van der Waals surface area contributed by atoms with Crippen molar-refractivity contribution in [2.45, 2.75) is 6.42 Å². The first kappa shape index (κ1) is 8.43. The number of carbonyl (C=O) groups excluding carboxylic acids is 1. The molecule has 0 heterocycles. The topological polar surface area (TPSA) is 41.1 Å². The van der Waals surface area contributed by atoms with Crippen LogP contribution in [-0.2, 0) is 4.79 Å². The predicted octanol–water partition coefficient (Wildman–Crippen LogP) is -0.454. The van der Waals surface area contributed by atoms with Crippen LogP contribution in [0.15, 0.2) is 0 Å². The number of amides is 1. The zero-order valence-corrected chi connectivity index (χ0v) is 5.74. The van der Waals surface area contributed by atoms with Gasteiger partial charge in [0.2, 0.25) is 5.91 Å². The van der Waals surface area contributed by atoms with Crippen molar-refractivity contribution in [1.29, 1.82) is 0 Å². The summed E-state index contributed by atoms with van der Waals surface area (Å²) in [5.74, 6) is 0.00486. The number of hydrogen-bond donors (Lipinski definition) is 2. The highest BCUT2D eigenvalue weighted by molar-refractivity contribution is 5.76. The first-order chi connectivity index (χ1) is 4.31. The molecule has 0 rings (SSSR count). The summed E-state index contributed by atoms with van der Waals surface area (Å²) in [4.78, 5) is 10.5. The van der Waals surface area contributed by atoms with Crippen LogP contribution in [0.5, 0.6) is 0 Å². The van der Waals surface area contributed by atoms with Gasteiger partial charge in [0.25, 0.3) is 0 Å². The minimum Gasteiger partial charge on any atom is -0.355 e. The number of carbonyl (C=O) groups is 1. The van der Waals surface area contributed by atoms with Gasteiger partial charge in [-0.15, -0.1) is 0 Å². The van der Waals surface area contributed by atoms with Crippen LogP contribution in [0.2, 0.25) is 0 Å². The lowest BCUT2D eigenvalue weighted by Gasteiger charge is -2.00. The van der Waals surface area contributed by atoms with Gasteiger partial charge in [0, 0.05) is 19.5 Å². The molecule has 0 aliphatic heterocycles. The summed E-state index contributed by atoms with van der Waals surface area (Å²) in [6.07, 6.45) is 0.323. The van der Waals surface area contributed by atoms with Gasteiger partial charge in [-0.3, -0.25) is 4.79 Å². The molecule has 0 aromatic heterocycles. The molecule has 1 amide bonds. The lowest BCUT2D eigenvalue weighted by atomic mass is 10.4. The van der Waals surface area contributed by atoms with Gasteiger partial charge in [0.05, 0.1) is 0 Å². The van der Waals surface area contributed by atoms with Crippen molar-refractivity contribution < 1.29 is 4.79 Å². The maximum atomic E-state index is 10.5. The van der Waals surface area contributed by atoms with Crippen molar-refractivity contribution in [2.75, 3.05) is 20.1 Å². The summed E-state index contributed by atoms with van der Waals surface area (Å²) >= 11 is 0. The molecule has 2 N–H and O–H groups in total. The molecule has 0 aliphatic rings. The van der Waals surface area contributed by atoms with Crippen LogP contribution in [0.25, 0.3) is 0 Å². The van der Waals surface area contributed by atoms with Gasteiger partial charge in [0.15, 0.2) is 0 Å². The summed E-state index contributed by atoms with van der Waals surface area (Å²) in [5, 5.41) is 5.58. The highest BCUT2D eigenvalue weighted by atomic mass is 16.1. The Balaban J connectivity index is 2.97. The summed E-state index contributed by atoms with van der Waals surface area (Å²) in [7, 11) is 1.84. The number of likely N-dealkylation sites (N-methyl/N-ethyl adjacent to an activating group) is 1. The second-order valence-electron chi connectivity index (χ2n) is 1.70. The smallest absolute Gasteiger partial charge is 0.220 e. The van der Waals surface area contributed by atoms with E-state index < -0.39 is 0 Å². The third-order valence-electron chi connectivity index (χ3n) is 0.924. The molecule has 0 aromatic carbocycles. The van der Waals surface area contributed by atoms with Crippen LogP contribution >= 0.6 is 0 Å². The Morgan fingerprint density at radius 3 is 2.67 bits per heavy atom. The van der Waals surface area contributed by atoms with Crippen molar-refractivity contribution in [3.05, 3.63) is 6.92 Å². The summed E-state index contributed by atoms with van der Waals surface area (Å²) in [5.41, 5.74) is 0. The highest BCUT2D eigenvalue weighted by Gasteiger charge is 1.91. The third-order valence-corrected chi connectivity index (χ3v) is 0.924. The molecule has 0 bridgehead atoms. The molecule has 0 spiro atoms. The van der Waals surface area contributed by atoms with Crippen LogP contribution in [0.3, 0.4) is 0 Å². The van der Waals surface area contributed by atoms with Crippen molar-refractivity contribution in [3.8, 4) is 0 Å². The van der Waals surface area contributed by atoms with E-state index in [0.29, 0.717) is 13.0 Å². The molecule has 0 saturated carbocycles. The van der Waals surface area contributed by atoms with Crippen LogP contribution in [0.1, 0.15) is 6.42 Å². The molecular formula is C6H13N2O. The lowest BCUT2D eigenvalue weighted by Crippen LogP contribution is -2.29. The van der Waals surface area contributed by atoms with Crippen LogP contribution < -0.4 is 10.6 Å². The van der Waals surface area contributed by atoms with E-state index >= 15 is 0 Å². The SMILES string of the molecule is [CH2]CC(=O)NCCNC. The fourth-order valence-corrected chi connectivity index (χ4v) is 0.415. The Bertz CT molecular complexity index is 83.1. The Morgan fingerprint density at radius 2 is 2.22 bits per heavy atom. The Kier molecular flexibility index (Phi) is 5.21. The largest absolute Gasteiger partial charge is 0.355 e. The molecule has 9 heavy (non-hydrogen) atoms. The Labute approximate surface area is 55.8 Å². The molecule has 53 valence electrons. The summed E-state index contributed by atoms with van der Waals surface area (Å²) < 4.78 is 0. The number of hydrogen-bond acceptors (Lipinski definition) is 2. The molecule has 3 nitrogen and oxygen atoms in total. The second kappa shape index (κ2) is 5.56. The molecule has 1 radical (unpaired) electrons. The Morgan fingerprint density at radius 1 is 1.56 bits per heavy atom. The van der Waals surface area contributed by atoms with E-state index in [9.17, 15) is 4.79 Å². The molecule has 0 fully saturated rings. The van der Waals surface area contributed by atoms with E-state index in [1.165, 1.54) is 0 Å². The fraction of sp³-hybridized carbons (Fsp3) is 0.667. The molecule has 0 atom stereocenters. The van der Waals surface area contributed by atoms with Gasteiger partial charge in [-0.25, -0.2) is 0 Å². The van der Waals surface area contributed by atoms with Crippen molar-refractivity contribution in [2.24, 2.45) is 0 Å². The molecule has 0 aromatic rings. The Hall–Kier alpha value is -0.570. The van der Waals surface area contributed by atoms with Gasteiger partial charge in [-0.05, 0) is 14.0 Å². The van der Waals surface area contributed by atoms with Gasteiger partial charge < -0.3 is 10.6 Å². The van der Waals surface area contributed by atoms with Crippen LogP contribution in [-0.4, -0.2) is 26.0 Å². The first-order valence-corrected chi connectivity index (χ1v) is 3.01. The van der Waals surface area contributed by atoms with Gasteiger partial charge in [-0.2, -0.15) is 0 Å². The standard InChI is InChI=1S/C6H13N2O/c1-3-6(9)8-5-4-7-2/h7H,1,3-5H2,2H3,(H,8,9). The van der Waals surface area contributed by atoms with Crippen molar-refractivity contribution in [1.82, 2.24) is 10.6 Å². The molecule has 3 heteroatoms. The average molecular weight is 129 g/mol. The summed E-state index contributed by atoms with van der Waals surface area (Å²) in [6.45, 7) is 4.93. The zero-order chi connectivity index (χ0) is 7.11. The van der Waals surface area contributed by atoms with Gasteiger partial charge >= 0.3 is 0 Å². The van der Waals surface area contributed by atoms with Crippen molar-refractivity contribution >= 4 is 5.91 Å². The quantitative estimate of drug-likeness (QED) is 0.505. The monoisotopic (exact) mass is 129 g/mol. The van der Waals surface area contributed by atoms with E-state index in [-0.39, 0.29) is 5.91 Å². The lowest BCUT2D eigenvalue weighted by molar-refractivity contribution is -0.120. The normalized spacial score (nSPS) is 9.11. The fourth-order valence-electron chi connectivity index (χ4n) is 0.415. The zero-order valence-electron chi connectivity index (χ0n) is 5.74. The van der Waals surface area contributed by atoms with E-state index in [0.717, 1.165) is 6.54 Å². The maximum absolute atomic E-state index is 10.5. The van der Waals surface area contributed by atoms with Crippen LogP contribution in [0.4, 0.5) is 0 Å². The highest BCUT2D eigenvalue weighted by Crippen LogP contribution is 1.70. The minimum atomic E-state index is 0.00486. The van der Waals surface area contributed by atoms with E-state index in [4.69, 9.17) is 0 Å². The van der Waals surface area contributed by atoms with Gasteiger partial charge in [-0.1, -0.05) is 0 Å². The second-order valence-corrected chi connectivity index (χ2v) is 1.70. The third kappa shape index (κ3) is 5.30. The van der Waals surface area contributed by atoms with E-state index in [1.54, 1.807) is 0 Å². The number of rotatable bonds is 4. The summed E-state index contributed by atoms with van der Waals surface area (Å²) in [6, 6.07) is 0. The maximum Gasteiger partial charge on any atom is 0.220 e. The first-order valence-electron chi connectivity index (χ1n) is 3.01. The molecular weight excluding hydrogens is 116 g/mol. The van der Waals surface area contributed by atoms with Crippen LogP contribution in [0, 0.1) is 6.92 Å². The molecule has 0 unspecified atom stereocenters. The average Bonchev–Trinajstić information content (AvgIpc) is 1.89. The number of nitrogens with one attached hydrogen (secondary N) is 2. The minimum absolute atomic E-state index is 0.00486. The van der Waals surface area contributed by atoms with E-state index in [1.807, 2.05) is 7.05 Å². The van der Waals surface area contributed by atoms with Gasteiger partial charge in [0.1, 0.15) is 0 Å². The predicted molar refractivity (Wildman–Crippen MR) is 36.9 cm³/mol. The van der Waals surface area contributed by atoms with Crippen molar-refractivity contribution in [3.63, 3.8) is 0 Å². The molecule has 0 saturated heterocycles. The molecule has 0 aliphatic carbocycles.